The van der Waals surface area contributed by atoms with E-state index >= 15 is 0 Å². The van der Waals surface area contributed by atoms with E-state index in [0.717, 1.165) is 41.3 Å². The fourth-order valence-electron chi connectivity index (χ4n) is 3.94. The first-order valence-corrected chi connectivity index (χ1v) is 11.2. The standard InChI is InChI=1S/C24H23FN4OS/c1-17-7-8-29-16-21(26-23(29)13-17)24(30)28-11-9-27(10-12-28)15-20-5-6-22(31-20)18-3-2-4-19(25)14-18/h2-8,13-14,16H,9-12,15H2,1H3. The molecule has 1 saturated heterocycles. The third kappa shape index (κ3) is 4.24. The van der Waals surface area contributed by atoms with Crippen molar-refractivity contribution in [1.82, 2.24) is 19.2 Å². The lowest BCUT2D eigenvalue weighted by atomic mass is 10.2. The van der Waals surface area contributed by atoms with E-state index in [2.05, 4.69) is 22.0 Å². The molecule has 3 aromatic heterocycles. The predicted octanol–water partition coefficient (Wildman–Crippen LogP) is 4.47. The SMILES string of the molecule is Cc1ccn2cc(C(=O)N3CCN(Cc4ccc(-c5cccc(F)c5)s4)CC3)nc2c1. The fraction of sp³-hybridized carbons (Fsp3) is 0.250. The first-order chi connectivity index (χ1) is 15.0. The van der Waals surface area contributed by atoms with Gasteiger partial charge in [-0.25, -0.2) is 9.37 Å². The smallest absolute Gasteiger partial charge is 0.274 e. The third-order valence-electron chi connectivity index (χ3n) is 5.64. The van der Waals surface area contributed by atoms with Crippen LogP contribution in [0.4, 0.5) is 4.39 Å². The lowest BCUT2D eigenvalue weighted by Crippen LogP contribution is -2.48. The number of thiophene rings is 1. The molecule has 0 radical (unpaired) electrons. The lowest BCUT2D eigenvalue weighted by molar-refractivity contribution is 0.0624. The highest BCUT2D eigenvalue weighted by atomic mass is 32.1. The number of carbonyl (C=O) groups is 1. The van der Waals surface area contributed by atoms with E-state index in [0.29, 0.717) is 18.8 Å². The predicted molar refractivity (Wildman–Crippen MR) is 121 cm³/mol. The second-order valence-corrected chi connectivity index (χ2v) is 9.11. The van der Waals surface area contributed by atoms with Crippen LogP contribution in [0.15, 0.2) is 60.9 Å². The number of imidazole rings is 1. The van der Waals surface area contributed by atoms with Crippen molar-refractivity contribution in [1.29, 1.82) is 0 Å². The van der Waals surface area contributed by atoms with Gasteiger partial charge in [-0.1, -0.05) is 12.1 Å². The Morgan fingerprint density at radius 3 is 2.74 bits per heavy atom. The average Bonchev–Trinajstić information content (AvgIpc) is 3.40. The van der Waals surface area contributed by atoms with Gasteiger partial charge in [-0.3, -0.25) is 9.69 Å². The van der Waals surface area contributed by atoms with Gasteiger partial charge < -0.3 is 9.30 Å². The van der Waals surface area contributed by atoms with E-state index in [1.807, 2.05) is 46.8 Å². The second kappa shape index (κ2) is 8.24. The maximum Gasteiger partial charge on any atom is 0.274 e. The molecule has 1 aliphatic heterocycles. The molecule has 1 aromatic carbocycles. The van der Waals surface area contributed by atoms with Crippen molar-refractivity contribution in [3.8, 4) is 10.4 Å². The minimum atomic E-state index is -0.214. The number of aryl methyl sites for hydroxylation is 1. The molecule has 0 bridgehead atoms. The van der Waals surface area contributed by atoms with Gasteiger partial charge >= 0.3 is 0 Å². The molecule has 0 saturated carbocycles. The molecule has 158 valence electrons. The number of nitrogens with zero attached hydrogens (tertiary/aromatic N) is 4. The topological polar surface area (TPSA) is 40.9 Å². The van der Waals surface area contributed by atoms with Crippen LogP contribution in [-0.2, 0) is 6.54 Å². The molecule has 31 heavy (non-hydrogen) atoms. The normalized spacial score (nSPS) is 15.0. The Morgan fingerprint density at radius 2 is 1.94 bits per heavy atom. The Hall–Kier alpha value is -3.03. The van der Waals surface area contributed by atoms with Crippen LogP contribution in [0.2, 0.25) is 0 Å². The van der Waals surface area contributed by atoms with Crippen LogP contribution in [0.5, 0.6) is 0 Å². The van der Waals surface area contributed by atoms with Gasteiger partial charge in [-0.15, -0.1) is 11.3 Å². The first-order valence-electron chi connectivity index (χ1n) is 10.4. The van der Waals surface area contributed by atoms with Crippen molar-refractivity contribution in [3.05, 3.63) is 82.9 Å². The summed E-state index contributed by atoms with van der Waals surface area (Å²) in [4.78, 5) is 24.0. The van der Waals surface area contributed by atoms with Gasteiger partial charge in [-0.2, -0.15) is 0 Å². The Kier molecular flexibility index (Phi) is 5.29. The van der Waals surface area contributed by atoms with Crippen LogP contribution < -0.4 is 0 Å². The highest BCUT2D eigenvalue weighted by Gasteiger charge is 2.24. The molecule has 4 aromatic rings. The summed E-state index contributed by atoms with van der Waals surface area (Å²) in [5, 5.41) is 0. The highest BCUT2D eigenvalue weighted by molar-refractivity contribution is 7.15. The lowest BCUT2D eigenvalue weighted by Gasteiger charge is -2.34. The van der Waals surface area contributed by atoms with Crippen molar-refractivity contribution in [2.24, 2.45) is 0 Å². The van der Waals surface area contributed by atoms with E-state index in [1.54, 1.807) is 23.5 Å². The zero-order valence-corrected chi connectivity index (χ0v) is 18.1. The summed E-state index contributed by atoms with van der Waals surface area (Å²) in [5.41, 5.74) is 3.33. The number of piperazine rings is 1. The molecule has 7 heteroatoms. The Morgan fingerprint density at radius 1 is 1.10 bits per heavy atom. The number of rotatable bonds is 4. The Bertz CT molecular complexity index is 1240. The molecule has 5 nitrogen and oxygen atoms in total. The van der Waals surface area contributed by atoms with Gasteiger partial charge in [0.05, 0.1) is 0 Å². The monoisotopic (exact) mass is 434 g/mol. The molecule has 0 aliphatic carbocycles. The summed E-state index contributed by atoms with van der Waals surface area (Å²) in [6.45, 7) is 5.89. The number of hydrogen-bond acceptors (Lipinski definition) is 4. The largest absolute Gasteiger partial charge is 0.335 e. The fourth-order valence-corrected chi connectivity index (χ4v) is 4.98. The van der Waals surface area contributed by atoms with E-state index in [-0.39, 0.29) is 11.7 Å². The Labute approximate surface area is 184 Å². The van der Waals surface area contributed by atoms with Crippen molar-refractivity contribution < 1.29 is 9.18 Å². The summed E-state index contributed by atoms with van der Waals surface area (Å²) in [6.07, 6.45) is 3.74. The average molecular weight is 435 g/mol. The molecule has 0 N–H and O–H groups in total. The summed E-state index contributed by atoms with van der Waals surface area (Å²) in [5.74, 6) is -0.223. The minimum Gasteiger partial charge on any atom is -0.335 e. The molecule has 5 rings (SSSR count). The Balaban J connectivity index is 1.20. The molecule has 0 unspecified atom stereocenters. The summed E-state index contributed by atoms with van der Waals surface area (Å²) < 4.78 is 15.4. The number of aromatic nitrogens is 2. The zero-order chi connectivity index (χ0) is 21.4. The van der Waals surface area contributed by atoms with Crippen molar-refractivity contribution >= 4 is 22.9 Å². The van der Waals surface area contributed by atoms with Crippen LogP contribution >= 0.6 is 11.3 Å². The molecule has 1 amide bonds. The highest BCUT2D eigenvalue weighted by Crippen LogP contribution is 2.29. The van der Waals surface area contributed by atoms with Gasteiger partial charge in [0.15, 0.2) is 0 Å². The van der Waals surface area contributed by atoms with Gasteiger partial charge in [0.2, 0.25) is 0 Å². The van der Waals surface area contributed by atoms with E-state index in [9.17, 15) is 9.18 Å². The quantitative estimate of drug-likeness (QED) is 0.476. The van der Waals surface area contributed by atoms with Gasteiger partial charge in [0, 0.05) is 54.9 Å². The van der Waals surface area contributed by atoms with Gasteiger partial charge in [-0.05, 0) is 54.4 Å². The molecular formula is C24H23FN4OS. The van der Waals surface area contributed by atoms with E-state index < -0.39 is 0 Å². The maximum absolute atomic E-state index is 13.5. The molecule has 4 heterocycles. The number of carbonyl (C=O) groups excluding carboxylic acids is 1. The third-order valence-corrected chi connectivity index (χ3v) is 6.76. The van der Waals surface area contributed by atoms with Crippen LogP contribution in [0, 0.1) is 12.7 Å². The molecule has 0 spiro atoms. The maximum atomic E-state index is 13.5. The van der Waals surface area contributed by atoms with Crippen LogP contribution in [0.25, 0.3) is 16.1 Å². The number of pyridine rings is 1. The number of benzene rings is 1. The summed E-state index contributed by atoms with van der Waals surface area (Å²) >= 11 is 1.69. The molecule has 1 fully saturated rings. The van der Waals surface area contributed by atoms with Crippen LogP contribution in [-0.4, -0.2) is 51.3 Å². The molecule has 1 aliphatic rings. The van der Waals surface area contributed by atoms with Crippen molar-refractivity contribution in [2.75, 3.05) is 26.2 Å². The van der Waals surface area contributed by atoms with E-state index in [4.69, 9.17) is 0 Å². The zero-order valence-electron chi connectivity index (χ0n) is 17.3. The number of halogens is 1. The summed E-state index contributed by atoms with van der Waals surface area (Å²) in [7, 11) is 0. The molecular weight excluding hydrogens is 411 g/mol. The summed E-state index contributed by atoms with van der Waals surface area (Å²) in [6, 6.07) is 14.9. The molecule has 0 atom stereocenters. The van der Waals surface area contributed by atoms with Crippen LogP contribution in [0.1, 0.15) is 20.9 Å². The van der Waals surface area contributed by atoms with Gasteiger partial charge in [0.25, 0.3) is 5.91 Å². The number of hydrogen-bond donors (Lipinski definition) is 0. The van der Waals surface area contributed by atoms with Crippen LogP contribution in [0.3, 0.4) is 0 Å². The van der Waals surface area contributed by atoms with Crippen molar-refractivity contribution in [2.45, 2.75) is 13.5 Å². The first kappa shape index (κ1) is 19.9. The van der Waals surface area contributed by atoms with E-state index in [1.165, 1.54) is 10.9 Å². The number of fused-ring (bicyclic) bond motifs is 1. The van der Waals surface area contributed by atoms with Gasteiger partial charge in [0.1, 0.15) is 17.2 Å². The second-order valence-electron chi connectivity index (χ2n) is 7.94. The minimum absolute atomic E-state index is 0.00878. The van der Waals surface area contributed by atoms with Crippen molar-refractivity contribution in [3.63, 3.8) is 0 Å². The number of amides is 1.